The van der Waals surface area contributed by atoms with Crippen molar-refractivity contribution in [1.82, 2.24) is 15.1 Å². The Bertz CT molecular complexity index is 613. The summed E-state index contributed by atoms with van der Waals surface area (Å²) in [4.78, 5) is 12.0. The highest BCUT2D eigenvalue weighted by molar-refractivity contribution is 5.92. The van der Waals surface area contributed by atoms with Gasteiger partial charge in [-0.25, -0.2) is 4.68 Å². The molecule has 0 radical (unpaired) electrons. The Morgan fingerprint density at radius 2 is 2.05 bits per heavy atom. The number of hydrogen-bond acceptors (Lipinski definition) is 3. The third-order valence-electron chi connectivity index (χ3n) is 3.75. The summed E-state index contributed by atoms with van der Waals surface area (Å²) in [5.41, 5.74) is 7.69. The molecule has 1 heterocycles. The van der Waals surface area contributed by atoms with E-state index in [9.17, 15) is 4.79 Å². The van der Waals surface area contributed by atoms with E-state index in [0.717, 1.165) is 24.6 Å². The quantitative estimate of drug-likeness (QED) is 0.632. The first-order valence-corrected chi connectivity index (χ1v) is 7.42. The monoisotopic (exact) mass is 284 g/mol. The fourth-order valence-electron chi connectivity index (χ4n) is 2.31. The van der Waals surface area contributed by atoms with Gasteiger partial charge < -0.3 is 11.1 Å². The van der Waals surface area contributed by atoms with Gasteiger partial charge in [0.15, 0.2) is 5.69 Å². The minimum atomic E-state index is -0.111. The lowest BCUT2D eigenvalue weighted by atomic mass is 10.2. The molecular formula is C16H20N4O. The second-order valence-corrected chi connectivity index (χ2v) is 5.58. The van der Waals surface area contributed by atoms with E-state index in [-0.39, 0.29) is 5.91 Å². The topological polar surface area (TPSA) is 72.9 Å². The first-order chi connectivity index (χ1) is 10.2. The van der Waals surface area contributed by atoms with Gasteiger partial charge in [-0.1, -0.05) is 12.8 Å². The molecule has 5 nitrogen and oxygen atoms in total. The molecule has 1 aromatic heterocycles. The van der Waals surface area contributed by atoms with Crippen LogP contribution in [0.3, 0.4) is 0 Å². The minimum Gasteiger partial charge on any atom is -0.399 e. The van der Waals surface area contributed by atoms with Gasteiger partial charge >= 0.3 is 0 Å². The van der Waals surface area contributed by atoms with Crippen molar-refractivity contribution in [2.24, 2.45) is 5.92 Å². The van der Waals surface area contributed by atoms with Crippen LogP contribution < -0.4 is 11.1 Å². The van der Waals surface area contributed by atoms with Crippen LogP contribution in [0.5, 0.6) is 0 Å². The van der Waals surface area contributed by atoms with E-state index in [1.807, 2.05) is 24.3 Å². The molecule has 0 aliphatic heterocycles. The summed E-state index contributed by atoms with van der Waals surface area (Å²) in [5, 5.41) is 7.22. The van der Waals surface area contributed by atoms with Crippen LogP contribution in [-0.2, 0) is 0 Å². The number of rotatable bonds is 6. The van der Waals surface area contributed by atoms with E-state index in [1.165, 1.54) is 19.3 Å². The molecule has 1 aromatic carbocycles. The van der Waals surface area contributed by atoms with Gasteiger partial charge in [-0.05, 0) is 49.1 Å². The third kappa shape index (κ3) is 3.62. The highest BCUT2D eigenvalue weighted by atomic mass is 16.1. The summed E-state index contributed by atoms with van der Waals surface area (Å²) in [6.45, 7) is 0.726. The van der Waals surface area contributed by atoms with Crippen molar-refractivity contribution in [3.8, 4) is 5.69 Å². The molecule has 0 unspecified atom stereocenters. The molecule has 0 saturated heterocycles. The van der Waals surface area contributed by atoms with Crippen LogP contribution in [0, 0.1) is 5.92 Å². The molecule has 1 aliphatic carbocycles. The van der Waals surface area contributed by atoms with Crippen LogP contribution in [0.2, 0.25) is 0 Å². The van der Waals surface area contributed by atoms with Gasteiger partial charge in [0.1, 0.15) is 0 Å². The smallest absolute Gasteiger partial charge is 0.271 e. The van der Waals surface area contributed by atoms with Crippen molar-refractivity contribution < 1.29 is 4.79 Å². The molecule has 0 atom stereocenters. The average Bonchev–Trinajstić information content (AvgIpc) is 3.18. The van der Waals surface area contributed by atoms with E-state index in [1.54, 1.807) is 16.9 Å². The lowest BCUT2D eigenvalue weighted by molar-refractivity contribution is 0.0947. The minimum absolute atomic E-state index is 0.111. The van der Waals surface area contributed by atoms with Crippen molar-refractivity contribution in [3.05, 3.63) is 42.2 Å². The predicted molar refractivity (Wildman–Crippen MR) is 82.3 cm³/mol. The van der Waals surface area contributed by atoms with Crippen LogP contribution in [0.1, 0.15) is 36.2 Å². The molecule has 5 heteroatoms. The third-order valence-corrected chi connectivity index (χ3v) is 3.75. The molecule has 3 rings (SSSR count). The zero-order valence-corrected chi connectivity index (χ0v) is 12.0. The Balaban J connectivity index is 1.55. The van der Waals surface area contributed by atoms with Gasteiger partial charge in [0.25, 0.3) is 5.91 Å². The van der Waals surface area contributed by atoms with E-state index in [4.69, 9.17) is 5.73 Å². The molecule has 1 saturated carbocycles. The van der Waals surface area contributed by atoms with Crippen molar-refractivity contribution in [3.63, 3.8) is 0 Å². The highest BCUT2D eigenvalue weighted by Gasteiger charge is 2.20. The number of aromatic nitrogens is 2. The van der Waals surface area contributed by atoms with Gasteiger partial charge in [-0.3, -0.25) is 4.79 Å². The average molecular weight is 284 g/mol. The van der Waals surface area contributed by atoms with Crippen molar-refractivity contribution in [2.75, 3.05) is 12.3 Å². The van der Waals surface area contributed by atoms with E-state index in [2.05, 4.69) is 10.4 Å². The van der Waals surface area contributed by atoms with Crippen molar-refractivity contribution in [2.45, 2.75) is 25.7 Å². The molecule has 1 amide bonds. The molecule has 1 aliphatic rings. The summed E-state index contributed by atoms with van der Waals surface area (Å²) < 4.78 is 1.68. The Hall–Kier alpha value is -2.30. The Labute approximate surface area is 124 Å². The van der Waals surface area contributed by atoms with Crippen molar-refractivity contribution in [1.29, 1.82) is 0 Å². The fraction of sp³-hybridized carbons (Fsp3) is 0.375. The van der Waals surface area contributed by atoms with Crippen LogP contribution in [0.15, 0.2) is 36.5 Å². The Morgan fingerprint density at radius 3 is 2.76 bits per heavy atom. The Morgan fingerprint density at radius 1 is 1.29 bits per heavy atom. The molecule has 21 heavy (non-hydrogen) atoms. The molecule has 2 aromatic rings. The number of carbonyl (C=O) groups excluding carboxylic acids is 1. The maximum absolute atomic E-state index is 12.0. The van der Waals surface area contributed by atoms with Crippen LogP contribution in [0.25, 0.3) is 5.69 Å². The van der Waals surface area contributed by atoms with Crippen molar-refractivity contribution >= 4 is 11.6 Å². The van der Waals surface area contributed by atoms with Gasteiger partial charge in [-0.15, -0.1) is 0 Å². The standard InChI is InChI=1S/C16H20N4O/c17-13-5-7-14(8-6-13)20-11-9-15(19-20)16(21)18-10-1-2-12-3-4-12/h5-9,11-12H,1-4,10,17H2,(H,18,21). The molecule has 3 N–H and O–H groups in total. The fourth-order valence-corrected chi connectivity index (χ4v) is 2.31. The number of carbonyl (C=O) groups is 1. The number of hydrogen-bond donors (Lipinski definition) is 2. The van der Waals surface area contributed by atoms with Gasteiger partial charge in [0.05, 0.1) is 5.69 Å². The maximum atomic E-state index is 12.0. The molecule has 110 valence electrons. The lowest BCUT2D eigenvalue weighted by Crippen LogP contribution is -2.25. The predicted octanol–water partition coefficient (Wildman–Crippen LogP) is 2.37. The van der Waals surface area contributed by atoms with E-state index >= 15 is 0 Å². The SMILES string of the molecule is Nc1ccc(-n2ccc(C(=O)NCCCC3CC3)n2)cc1. The molecule has 0 spiro atoms. The molecule has 0 bridgehead atoms. The van der Waals surface area contributed by atoms with E-state index in [0.29, 0.717) is 11.4 Å². The number of nitrogens with two attached hydrogens (primary N) is 1. The van der Waals surface area contributed by atoms with Crippen LogP contribution >= 0.6 is 0 Å². The summed E-state index contributed by atoms with van der Waals surface area (Å²) in [6, 6.07) is 9.11. The number of amides is 1. The zero-order chi connectivity index (χ0) is 14.7. The van der Waals surface area contributed by atoms with Gasteiger partial charge in [-0.2, -0.15) is 5.10 Å². The number of benzene rings is 1. The summed E-state index contributed by atoms with van der Waals surface area (Å²) in [6.07, 6.45) is 6.78. The second-order valence-electron chi connectivity index (χ2n) is 5.58. The molecule has 1 fully saturated rings. The van der Waals surface area contributed by atoms with Crippen LogP contribution in [-0.4, -0.2) is 22.2 Å². The number of nitrogens with one attached hydrogen (secondary N) is 1. The van der Waals surface area contributed by atoms with Crippen LogP contribution in [0.4, 0.5) is 5.69 Å². The summed E-state index contributed by atoms with van der Waals surface area (Å²) >= 11 is 0. The number of anilines is 1. The van der Waals surface area contributed by atoms with E-state index < -0.39 is 0 Å². The maximum Gasteiger partial charge on any atom is 0.271 e. The first kappa shape index (κ1) is 13.7. The normalized spacial score (nSPS) is 14.1. The highest BCUT2D eigenvalue weighted by Crippen LogP contribution is 2.33. The first-order valence-electron chi connectivity index (χ1n) is 7.42. The van der Waals surface area contributed by atoms with Gasteiger partial charge in [0, 0.05) is 18.4 Å². The Kier molecular flexibility index (Phi) is 3.90. The summed E-state index contributed by atoms with van der Waals surface area (Å²) in [7, 11) is 0. The second kappa shape index (κ2) is 5.99. The van der Waals surface area contributed by atoms with Gasteiger partial charge in [0.2, 0.25) is 0 Å². The molecular weight excluding hydrogens is 264 g/mol. The largest absolute Gasteiger partial charge is 0.399 e. The summed E-state index contributed by atoms with van der Waals surface area (Å²) in [5.74, 6) is 0.798. The number of nitrogen functional groups attached to an aromatic ring is 1. The zero-order valence-electron chi connectivity index (χ0n) is 12.0. The lowest BCUT2D eigenvalue weighted by Gasteiger charge is -2.03. The number of nitrogens with zero attached hydrogens (tertiary/aromatic N) is 2.